The lowest BCUT2D eigenvalue weighted by atomic mass is 10.0. The number of benzene rings is 2. The highest BCUT2D eigenvalue weighted by Gasteiger charge is 2.38. The number of hydrogen-bond donors (Lipinski definition) is 4. The molecule has 0 aliphatic heterocycles. The van der Waals surface area contributed by atoms with Gasteiger partial charge < -0.3 is 16.2 Å². The highest BCUT2D eigenvalue weighted by atomic mass is 19.4. The van der Waals surface area contributed by atoms with Gasteiger partial charge in [0.2, 0.25) is 5.91 Å². The first kappa shape index (κ1) is 27.0. The Morgan fingerprint density at radius 3 is 2.34 bits per heavy atom. The zero-order valence-electron chi connectivity index (χ0n) is 17.8. The standard InChI is InChI=1S/C20H18F2N4O2.C2HF3O2/c21-15-6-7-17(22)14(9-15)10-18(27)25-16-3-1-2-12(8-16)4-5-13-11-24-26-19(13)20(23)28;3-2(4,5)1(6)7/h1-3,6-9,11H,4-5,10H2,(H2,23,28)(H,24,26)(H,25,27);(H,6,7). The molecule has 0 saturated heterocycles. The topological polar surface area (TPSA) is 138 Å². The van der Waals surface area contributed by atoms with Gasteiger partial charge in [-0.25, -0.2) is 13.6 Å². The lowest BCUT2D eigenvalue weighted by Gasteiger charge is -2.08. The fourth-order valence-corrected chi connectivity index (χ4v) is 2.85. The second-order valence-corrected chi connectivity index (χ2v) is 7.10. The van der Waals surface area contributed by atoms with Crippen molar-refractivity contribution in [3.05, 3.63) is 82.7 Å². The number of aryl methyl sites for hydroxylation is 2. The Morgan fingerprint density at radius 2 is 1.71 bits per heavy atom. The van der Waals surface area contributed by atoms with Gasteiger partial charge >= 0.3 is 12.1 Å². The number of nitrogens with one attached hydrogen (secondary N) is 2. The number of carboxylic acids is 1. The molecule has 0 unspecified atom stereocenters. The summed E-state index contributed by atoms with van der Waals surface area (Å²) < 4.78 is 58.6. The van der Waals surface area contributed by atoms with Crippen LogP contribution in [0.2, 0.25) is 0 Å². The number of aromatic amines is 1. The predicted molar refractivity (Wildman–Crippen MR) is 113 cm³/mol. The number of anilines is 1. The minimum Gasteiger partial charge on any atom is -0.475 e. The molecule has 5 N–H and O–H groups in total. The van der Waals surface area contributed by atoms with Crippen LogP contribution >= 0.6 is 0 Å². The maximum Gasteiger partial charge on any atom is 0.490 e. The van der Waals surface area contributed by atoms with Gasteiger partial charge in [-0.1, -0.05) is 12.1 Å². The fourth-order valence-electron chi connectivity index (χ4n) is 2.85. The van der Waals surface area contributed by atoms with Crippen molar-refractivity contribution in [2.24, 2.45) is 5.73 Å². The zero-order valence-corrected chi connectivity index (χ0v) is 17.8. The predicted octanol–water partition coefficient (Wildman–Crippen LogP) is 3.39. The van der Waals surface area contributed by atoms with E-state index in [0.717, 1.165) is 23.8 Å². The highest BCUT2D eigenvalue weighted by Crippen LogP contribution is 2.16. The van der Waals surface area contributed by atoms with Gasteiger partial charge in [-0.3, -0.25) is 14.7 Å². The van der Waals surface area contributed by atoms with Gasteiger partial charge in [0.25, 0.3) is 5.91 Å². The summed E-state index contributed by atoms with van der Waals surface area (Å²) in [4.78, 5) is 32.4. The minimum absolute atomic E-state index is 0.00686. The fraction of sp³-hybridized carbons (Fsp3) is 0.182. The molecule has 13 heteroatoms. The number of carbonyl (C=O) groups excluding carboxylic acids is 2. The van der Waals surface area contributed by atoms with Crippen molar-refractivity contribution >= 4 is 23.5 Å². The van der Waals surface area contributed by atoms with E-state index < -0.39 is 35.6 Å². The Morgan fingerprint density at radius 1 is 1.03 bits per heavy atom. The molecule has 2 aromatic carbocycles. The number of rotatable bonds is 7. The van der Waals surface area contributed by atoms with Crippen molar-refractivity contribution in [1.82, 2.24) is 10.2 Å². The van der Waals surface area contributed by atoms with Gasteiger partial charge in [0, 0.05) is 16.8 Å². The van der Waals surface area contributed by atoms with Crippen molar-refractivity contribution < 1.29 is 41.4 Å². The Bertz CT molecular complexity index is 1210. The maximum absolute atomic E-state index is 13.7. The van der Waals surface area contributed by atoms with E-state index in [2.05, 4.69) is 15.5 Å². The van der Waals surface area contributed by atoms with Crippen LogP contribution in [0, 0.1) is 11.6 Å². The number of amides is 2. The molecule has 35 heavy (non-hydrogen) atoms. The van der Waals surface area contributed by atoms with Crippen molar-refractivity contribution in [2.75, 3.05) is 5.32 Å². The molecule has 0 radical (unpaired) electrons. The van der Waals surface area contributed by atoms with Crippen molar-refractivity contribution in [1.29, 1.82) is 0 Å². The van der Waals surface area contributed by atoms with Crippen LogP contribution in [0.1, 0.15) is 27.2 Å². The van der Waals surface area contributed by atoms with E-state index >= 15 is 0 Å². The van der Waals surface area contributed by atoms with Gasteiger partial charge in [-0.2, -0.15) is 18.3 Å². The quantitative estimate of drug-likeness (QED) is 0.370. The summed E-state index contributed by atoms with van der Waals surface area (Å²) in [6.07, 6.45) is -2.66. The van der Waals surface area contributed by atoms with Gasteiger partial charge in [0.1, 0.15) is 17.3 Å². The normalized spacial score (nSPS) is 10.8. The third-order valence-electron chi connectivity index (χ3n) is 4.46. The Labute approximate surface area is 194 Å². The molecule has 0 fully saturated rings. The number of primary amides is 1. The van der Waals surface area contributed by atoms with E-state index in [4.69, 9.17) is 15.6 Å². The SMILES string of the molecule is NC(=O)c1[nH]ncc1CCc1cccc(NC(=O)Cc2cc(F)ccc2F)c1.O=C(O)C(F)(F)F. The molecule has 0 spiro atoms. The van der Waals surface area contributed by atoms with Crippen LogP contribution in [-0.2, 0) is 28.9 Å². The zero-order chi connectivity index (χ0) is 26.2. The molecule has 0 bridgehead atoms. The number of carboxylic acid groups (broad SMARTS) is 1. The van der Waals surface area contributed by atoms with E-state index in [1.165, 1.54) is 0 Å². The van der Waals surface area contributed by atoms with Crippen LogP contribution < -0.4 is 11.1 Å². The monoisotopic (exact) mass is 498 g/mol. The number of carbonyl (C=O) groups is 3. The molecule has 3 rings (SSSR count). The Kier molecular flexibility index (Phi) is 9.03. The van der Waals surface area contributed by atoms with E-state index in [0.29, 0.717) is 24.1 Å². The summed E-state index contributed by atoms with van der Waals surface area (Å²) >= 11 is 0. The molecule has 1 aromatic heterocycles. The Hall–Kier alpha value is -4.29. The molecule has 3 aromatic rings. The number of halogens is 5. The summed E-state index contributed by atoms with van der Waals surface area (Å²) in [6, 6.07) is 10.1. The molecule has 186 valence electrons. The van der Waals surface area contributed by atoms with Crippen LogP contribution in [0.25, 0.3) is 0 Å². The maximum atomic E-state index is 13.7. The first-order valence-electron chi connectivity index (χ1n) is 9.81. The van der Waals surface area contributed by atoms with Crippen LogP contribution in [0.3, 0.4) is 0 Å². The summed E-state index contributed by atoms with van der Waals surface area (Å²) in [5.41, 5.74) is 7.73. The molecule has 0 aliphatic carbocycles. The largest absolute Gasteiger partial charge is 0.490 e. The molecule has 8 nitrogen and oxygen atoms in total. The second kappa shape index (κ2) is 11.7. The van der Waals surface area contributed by atoms with Crippen LogP contribution in [0.4, 0.5) is 27.6 Å². The number of H-pyrrole nitrogens is 1. The van der Waals surface area contributed by atoms with E-state index in [1.807, 2.05) is 6.07 Å². The molecule has 2 amide bonds. The molecule has 0 saturated carbocycles. The number of nitrogens with two attached hydrogens (primary N) is 1. The average molecular weight is 498 g/mol. The lowest BCUT2D eigenvalue weighted by molar-refractivity contribution is -0.192. The molecule has 0 aliphatic rings. The first-order chi connectivity index (χ1) is 16.4. The molecular weight excluding hydrogens is 479 g/mol. The summed E-state index contributed by atoms with van der Waals surface area (Å²) in [6.45, 7) is 0. The van der Waals surface area contributed by atoms with E-state index in [-0.39, 0.29) is 17.7 Å². The summed E-state index contributed by atoms with van der Waals surface area (Å²) in [7, 11) is 0. The van der Waals surface area contributed by atoms with Gasteiger partial charge in [-0.05, 0) is 48.7 Å². The number of alkyl halides is 3. The number of aromatic nitrogens is 2. The summed E-state index contributed by atoms with van der Waals surface area (Å²) in [5.74, 6) is -5.01. The average Bonchev–Trinajstić information content (AvgIpc) is 3.24. The summed E-state index contributed by atoms with van der Waals surface area (Å²) in [5, 5.41) is 16.2. The van der Waals surface area contributed by atoms with E-state index in [9.17, 15) is 31.5 Å². The van der Waals surface area contributed by atoms with Gasteiger partial charge in [-0.15, -0.1) is 0 Å². The van der Waals surface area contributed by atoms with E-state index in [1.54, 1.807) is 24.4 Å². The lowest BCUT2D eigenvalue weighted by Crippen LogP contribution is -2.21. The van der Waals surface area contributed by atoms with Crippen molar-refractivity contribution in [2.45, 2.75) is 25.4 Å². The second-order valence-electron chi connectivity index (χ2n) is 7.10. The molecule has 1 heterocycles. The van der Waals surface area contributed by atoms with Crippen LogP contribution in [-0.4, -0.2) is 39.3 Å². The first-order valence-corrected chi connectivity index (χ1v) is 9.81. The van der Waals surface area contributed by atoms with Crippen molar-refractivity contribution in [3.8, 4) is 0 Å². The highest BCUT2D eigenvalue weighted by molar-refractivity contribution is 5.92. The third kappa shape index (κ3) is 8.53. The van der Waals surface area contributed by atoms with Crippen LogP contribution in [0.5, 0.6) is 0 Å². The van der Waals surface area contributed by atoms with Crippen LogP contribution in [0.15, 0.2) is 48.7 Å². The Balaban J connectivity index is 0.000000540. The van der Waals surface area contributed by atoms with Crippen molar-refractivity contribution in [3.63, 3.8) is 0 Å². The third-order valence-corrected chi connectivity index (χ3v) is 4.46. The molecular formula is C22H19F5N4O4. The number of aliphatic carboxylic acids is 1. The molecule has 0 atom stereocenters. The minimum atomic E-state index is -5.08. The smallest absolute Gasteiger partial charge is 0.475 e. The van der Waals surface area contributed by atoms with Gasteiger partial charge in [0.05, 0.1) is 12.6 Å². The van der Waals surface area contributed by atoms with Gasteiger partial charge in [0.15, 0.2) is 0 Å². The number of hydrogen-bond acceptors (Lipinski definition) is 4. The number of nitrogens with zero attached hydrogens (tertiary/aromatic N) is 1.